The predicted octanol–water partition coefficient (Wildman–Crippen LogP) is 5.32. The molecule has 5 nitrogen and oxygen atoms in total. The minimum atomic E-state index is -0.134. The van der Waals surface area contributed by atoms with Gasteiger partial charge in [-0.2, -0.15) is 5.26 Å². The van der Waals surface area contributed by atoms with E-state index in [9.17, 15) is 10.1 Å². The molecule has 0 spiro atoms. The van der Waals surface area contributed by atoms with Crippen molar-refractivity contribution in [3.63, 3.8) is 0 Å². The van der Waals surface area contributed by atoms with Gasteiger partial charge in [0.15, 0.2) is 0 Å². The molecule has 0 saturated carbocycles. The summed E-state index contributed by atoms with van der Waals surface area (Å²) in [6.07, 6.45) is 0. The molecule has 6 heteroatoms. The van der Waals surface area contributed by atoms with E-state index in [1.165, 1.54) is 0 Å². The van der Waals surface area contributed by atoms with Crippen LogP contribution in [0.1, 0.15) is 27.2 Å². The highest BCUT2D eigenvalue weighted by molar-refractivity contribution is 9.10. The minimum Gasteiger partial charge on any atom is -0.378 e. The Morgan fingerprint density at radius 1 is 1.03 bits per heavy atom. The highest BCUT2D eigenvalue weighted by atomic mass is 79.9. The van der Waals surface area contributed by atoms with Crippen LogP contribution in [0.15, 0.2) is 77.3 Å². The molecule has 0 fully saturated rings. The number of nitrogens with one attached hydrogen (secondary N) is 1. The number of hydrogen-bond acceptors (Lipinski definition) is 3. The largest absolute Gasteiger partial charge is 0.378 e. The van der Waals surface area contributed by atoms with Gasteiger partial charge in [-0.25, -0.2) is 0 Å². The summed E-state index contributed by atoms with van der Waals surface area (Å²) in [5, 5.41) is 13.3. The van der Waals surface area contributed by atoms with E-state index in [0.29, 0.717) is 24.3 Å². The van der Waals surface area contributed by atoms with Gasteiger partial charge < -0.3 is 14.8 Å². The maximum atomic E-state index is 13.2. The van der Waals surface area contributed by atoms with Gasteiger partial charge in [-0.1, -0.05) is 40.2 Å². The topological polar surface area (TPSA) is 61.1 Å². The third-order valence-electron chi connectivity index (χ3n) is 5.40. The van der Waals surface area contributed by atoms with E-state index >= 15 is 0 Å². The molecule has 0 bridgehead atoms. The van der Waals surface area contributed by atoms with Crippen LogP contribution in [0.2, 0.25) is 0 Å². The second kappa shape index (κ2) is 9.29. The molecule has 0 unspecified atom stereocenters. The lowest BCUT2D eigenvalue weighted by molar-refractivity contribution is 0.0942. The molecule has 0 aliphatic rings. The van der Waals surface area contributed by atoms with Gasteiger partial charge in [-0.3, -0.25) is 4.79 Å². The van der Waals surface area contributed by atoms with Crippen molar-refractivity contribution in [2.75, 3.05) is 19.0 Å². The molecule has 0 aliphatic heterocycles. The van der Waals surface area contributed by atoms with E-state index in [0.717, 1.165) is 32.2 Å². The molecule has 0 saturated heterocycles. The number of nitrogens with zero attached hydrogens (tertiary/aromatic N) is 3. The number of halogens is 1. The fourth-order valence-corrected chi connectivity index (χ4v) is 4.09. The van der Waals surface area contributed by atoms with Crippen molar-refractivity contribution in [1.29, 1.82) is 5.26 Å². The van der Waals surface area contributed by atoms with E-state index in [1.807, 2.05) is 90.3 Å². The molecule has 32 heavy (non-hydrogen) atoms. The zero-order valence-electron chi connectivity index (χ0n) is 18.0. The van der Waals surface area contributed by atoms with Crippen molar-refractivity contribution >= 4 is 38.4 Å². The molecule has 4 aromatic rings. The summed E-state index contributed by atoms with van der Waals surface area (Å²) in [6.45, 7) is 0.947. The van der Waals surface area contributed by atoms with Crippen molar-refractivity contribution in [3.05, 3.63) is 99.7 Å². The zero-order chi connectivity index (χ0) is 22.7. The molecule has 0 radical (unpaired) electrons. The molecular formula is C26H23BrN4O. The average molecular weight is 487 g/mol. The quantitative estimate of drug-likeness (QED) is 0.401. The van der Waals surface area contributed by atoms with E-state index in [2.05, 4.69) is 27.3 Å². The highest BCUT2D eigenvalue weighted by Crippen LogP contribution is 2.25. The van der Waals surface area contributed by atoms with Gasteiger partial charge in [0, 0.05) is 48.2 Å². The zero-order valence-corrected chi connectivity index (χ0v) is 19.6. The maximum Gasteiger partial charge on any atom is 0.268 e. The molecule has 3 aromatic carbocycles. The van der Waals surface area contributed by atoms with Crippen LogP contribution in [0.25, 0.3) is 10.9 Å². The van der Waals surface area contributed by atoms with Crippen LogP contribution in [0, 0.1) is 11.3 Å². The van der Waals surface area contributed by atoms with Gasteiger partial charge in [0.1, 0.15) is 5.69 Å². The van der Waals surface area contributed by atoms with E-state index < -0.39 is 0 Å². The van der Waals surface area contributed by atoms with Crippen molar-refractivity contribution in [2.24, 2.45) is 0 Å². The summed E-state index contributed by atoms with van der Waals surface area (Å²) in [5.41, 5.74) is 5.29. The predicted molar refractivity (Wildman–Crippen MR) is 132 cm³/mol. The van der Waals surface area contributed by atoms with Crippen LogP contribution < -0.4 is 10.2 Å². The molecule has 1 aromatic heterocycles. The molecule has 0 aliphatic carbocycles. The lowest BCUT2D eigenvalue weighted by Gasteiger charge is -2.14. The summed E-state index contributed by atoms with van der Waals surface area (Å²) >= 11 is 3.52. The number of aromatic nitrogens is 1. The van der Waals surface area contributed by atoms with Crippen molar-refractivity contribution < 1.29 is 4.79 Å². The molecule has 160 valence electrons. The first kappa shape index (κ1) is 21.7. The van der Waals surface area contributed by atoms with Crippen molar-refractivity contribution in [3.8, 4) is 6.07 Å². The Balaban J connectivity index is 1.62. The average Bonchev–Trinajstić information content (AvgIpc) is 3.15. The van der Waals surface area contributed by atoms with Crippen LogP contribution in [0.3, 0.4) is 0 Å². The van der Waals surface area contributed by atoms with E-state index in [4.69, 9.17) is 0 Å². The Hall–Kier alpha value is -3.56. The standard InChI is InChI=1S/C26H23BrN4O/c1-30(2)23-9-6-18(7-10-23)16-29-26(32)25-14-21-13-22(27)8-11-24(21)31(25)17-20-5-3-4-19(12-20)15-28/h3-14H,16-17H2,1-2H3,(H,29,32). The van der Waals surface area contributed by atoms with Gasteiger partial charge >= 0.3 is 0 Å². The number of hydrogen-bond donors (Lipinski definition) is 1. The van der Waals surface area contributed by atoms with Gasteiger partial charge in [-0.15, -0.1) is 0 Å². The smallest absolute Gasteiger partial charge is 0.268 e. The van der Waals surface area contributed by atoms with Crippen LogP contribution in [0.4, 0.5) is 5.69 Å². The SMILES string of the molecule is CN(C)c1ccc(CNC(=O)c2cc3cc(Br)ccc3n2Cc2cccc(C#N)c2)cc1. The lowest BCUT2D eigenvalue weighted by atomic mass is 10.1. The Labute approximate surface area is 196 Å². The Morgan fingerprint density at radius 3 is 2.53 bits per heavy atom. The number of rotatable bonds is 6. The molecule has 1 heterocycles. The molecule has 1 N–H and O–H groups in total. The molecule has 4 rings (SSSR count). The summed E-state index contributed by atoms with van der Waals surface area (Å²) in [7, 11) is 4.00. The number of benzene rings is 3. The van der Waals surface area contributed by atoms with Crippen LogP contribution in [0.5, 0.6) is 0 Å². The summed E-state index contributed by atoms with van der Waals surface area (Å²) in [6, 6.07) is 25.7. The summed E-state index contributed by atoms with van der Waals surface area (Å²) in [5.74, 6) is -0.134. The fourth-order valence-electron chi connectivity index (χ4n) is 3.71. The van der Waals surface area contributed by atoms with Gasteiger partial charge in [0.25, 0.3) is 5.91 Å². The maximum absolute atomic E-state index is 13.2. The van der Waals surface area contributed by atoms with Crippen LogP contribution in [-0.4, -0.2) is 24.6 Å². The Morgan fingerprint density at radius 2 is 1.81 bits per heavy atom. The van der Waals surface area contributed by atoms with Gasteiger partial charge in [-0.05, 0) is 59.7 Å². The number of fused-ring (bicyclic) bond motifs is 1. The number of carbonyl (C=O) groups excluding carboxylic acids is 1. The monoisotopic (exact) mass is 486 g/mol. The fraction of sp³-hybridized carbons (Fsp3) is 0.154. The van der Waals surface area contributed by atoms with E-state index in [1.54, 1.807) is 6.07 Å². The lowest BCUT2D eigenvalue weighted by Crippen LogP contribution is -2.25. The number of amides is 1. The second-order valence-corrected chi connectivity index (χ2v) is 8.79. The third-order valence-corrected chi connectivity index (χ3v) is 5.89. The van der Waals surface area contributed by atoms with Crippen LogP contribution in [-0.2, 0) is 13.1 Å². The normalized spacial score (nSPS) is 10.7. The first-order valence-electron chi connectivity index (χ1n) is 10.3. The molecule has 1 amide bonds. The Kier molecular flexibility index (Phi) is 6.29. The third kappa shape index (κ3) is 4.68. The van der Waals surface area contributed by atoms with E-state index in [-0.39, 0.29) is 5.91 Å². The summed E-state index contributed by atoms with van der Waals surface area (Å²) < 4.78 is 2.96. The van der Waals surface area contributed by atoms with Crippen LogP contribution >= 0.6 is 15.9 Å². The first-order valence-corrected chi connectivity index (χ1v) is 11.1. The second-order valence-electron chi connectivity index (χ2n) is 7.87. The highest BCUT2D eigenvalue weighted by Gasteiger charge is 2.16. The van der Waals surface area contributed by atoms with Crippen molar-refractivity contribution in [2.45, 2.75) is 13.1 Å². The van der Waals surface area contributed by atoms with Crippen molar-refractivity contribution in [1.82, 2.24) is 9.88 Å². The minimum absolute atomic E-state index is 0.134. The number of nitriles is 1. The molecular weight excluding hydrogens is 464 g/mol. The number of anilines is 1. The summed E-state index contributed by atoms with van der Waals surface area (Å²) in [4.78, 5) is 15.2. The van der Waals surface area contributed by atoms with Gasteiger partial charge in [0.2, 0.25) is 0 Å². The number of carbonyl (C=O) groups is 1. The van der Waals surface area contributed by atoms with Gasteiger partial charge in [0.05, 0.1) is 11.6 Å². The Bertz CT molecular complexity index is 1320. The molecule has 0 atom stereocenters. The first-order chi connectivity index (χ1) is 15.4.